The van der Waals surface area contributed by atoms with Crippen LogP contribution < -0.4 is 5.32 Å². The number of hydrazone groups is 1. The van der Waals surface area contributed by atoms with Crippen LogP contribution in [0.5, 0.6) is 0 Å². The van der Waals surface area contributed by atoms with Crippen LogP contribution in [0.4, 0.5) is 0 Å². The number of amides is 1. The van der Waals surface area contributed by atoms with Crippen LogP contribution in [0.3, 0.4) is 0 Å². The minimum absolute atomic E-state index is 0.271. The molecule has 6 heteroatoms. The smallest absolute Gasteiger partial charge is 0.317 e. The van der Waals surface area contributed by atoms with Crippen LogP contribution in [-0.2, 0) is 9.59 Å². The van der Waals surface area contributed by atoms with Gasteiger partial charge in [0.05, 0.1) is 12.3 Å². The third-order valence-corrected chi connectivity index (χ3v) is 3.09. The predicted octanol–water partition coefficient (Wildman–Crippen LogP) is 0.296. The molecular formula is C13H15N3O3. The Morgan fingerprint density at radius 3 is 2.63 bits per heavy atom. The minimum Gasteiger partial charge on any atom is -0.480 e. The zero-order valence-electron chi connectivity index (χ0n) is 10.8. The molecule has 1 unspecified atom stereocenters. The van der Waals surface area contributed by atoms with Gasteiger partial charge in [-0.05, 0) is 6.92 Å². The van der Waals surface area contributed by atoms with E-state index in [-0.39, 0.29) is 12.5 Å². The van der Waals surface area contributed by atoms with Gasteiger partial charge >= 0.3 is 5.97 Å². The van der Waals surface area contributed by atoms with Crippen LogP contribution in [0.15, 0.2) is 35.4 Å². The number of carbonyl (C=O) groups excluding carboxylic acids is 1. The first-order chi connectivity index (χ1) is 8.95. The Labute approximate surface area is 110 Å². The maximum Gasteiger partial charge on any atom is 0.317 e. The lowest BCUT2D eigenvalue weighted by Crippen LogP contribution is -2.56. The molecular weight excluding hydrogens is 246 g/mol. The monoisotopic (exact) mass is 261 g/mol. The van der Waals surface area contributed by atoms with Crippen molar-refractivity contribution < 1.29 is 14.7 Å². The van der Waals surface area contributed by atoms with Gasteiger partial charge in [-0.2, -0.15) is 5.10 Å². The van der Waals surface area contributed by atoms with E-state index in [1.807, 2.05) is 30.3 Å². The van der Waals surface area contributed by atoms with Crippen molar-refractivity contribution in [3.05, 3.63) is 35.9 Å². The highest BCUT2D eigenvalue weighted by Crippen LogP contribution is 2.23. The lowest BCUT2D eigenvalue weighted by atomic mass is 9.90. The largest absolute Gasteiger partial charge is 0.480 e. The summed E-state index contributed by atoms with van der Waals surface area (Å²) in [4.78, 5) is 22.9. The van der Waals surface area contributed by atoms with Crippen LogP contribution in [-0.4, -0.2) is 46.8 Å². The van der Waals surface area contributed by atoms with E-state index in [1.165, 1.54) is 5.01 Å². The number of carboxylic acid groups (broad SMARTS) is 1. The normalized spacial score (nSPS) is 22.5. The number of aliphatic carboxylic acids is 1. The van der Waals surface area contributed by atoms with Crippen molar-refractivity contribution in [3.63, 3.8) is 0 Å². The van der Waals surface area contributed by atoms with Gasteiger partial charge in [-0.3, -0.25) is 14.9 Å². The number of carboxylic acids is 1. The van der Waals surface area contributed by atoms with Crippen LogP contribution >= 0.6 is 0 Å². The van der Waals surface area contributed by atoms with Crippen molar-refractivity contribution in [2.75, 3.05) is 13.6 Å². The van der Waals surface area contributed by atoms with E-state index in [0.717, 1.165) is 5.56 Å². The van der Waals surface area contributed by atoms with Gasteiger partial charge < -0.3 is 5.11 Å². The molecule has 1 aromatic carbocycles. The lowest BCUT2D eigenvalue weighted by molar-refractivity contribution is -0.137. The average molecular weight is 261 g/mol. The highest BCUT2D eigenvalue weighted by Gasteiger charge is 2.46. The molecule has 100 valence electrons. The molecule has 0 aromatic heterocycles. The van der Waals surface area contributed by atoms with E-state index in [1.54, 1.807) is 14.0 Å². The number of benzene rings is 1. The highest BCUT2D eigenvalue weighted by molar-refractivity contribution is 6.23. The molecule has 0 radical (unpaired) electrons. The summed E-state index contributed by atoms with van der Waals surface area (Å²) < 4.78 is 0. The van der Waals surface area contributed by atoms with Crippen molar-refractivity contribution in [3.8, 4) is 0 Å². The van der Waals surface area contributed by atoms with Crippen LogP contribution in [0, 0.1) is 0 Å². The summed E-state index contributed by atoms with van der Waals surface area (Å²) in [5.41, 5.74) is 0.205. The van der Waals surface area contributed by atoms with Crippen LogP contribution in [0.1, 0.15) is 12.5 Å². The molecule has 0 bridgehead atoms. The average Bonchev–Trinajstić information content (AvgIpc) is 2.63. The van der Waals surface area contributed by atoms with Gasteiger partial charge in [-0.15, -0.1) is 0 Å². The quantitative estimate of drug-likeness (QED) is 0.816. The van der Waals surface area contributed by atoms with Gasteiger partial charge in [0.15, 0.2) is 0 Å². The molecule has 19 heavy (non-hydrogen) atoms. The van der Waals surface area contributed by atoms with Crippen molar-refractivity contribution in [1.29, 1.82) is 0 Å². The molecule has 1 atom stereocenters. The van der Waals surface area contributed by atoms with Gasteiger partial charge in [-0.25, -0.2) is 5.01 Å². The van der Waals surface area contributed by atoms with Gasteiger partial charge in [0, 0.05) is 12.6 Å². The first kappa shape index (κ1) is 13.2. The van der Waals surface area contributed by atoms with E-state index in [9.17, 15) is 9.59 Å². The summed E-state index contributed by atoms with van der Waals surface area (Å²) in [5, 5.41) is 17.0. The second-order valence-corrected chi connectivity index (χ2v) is 4.52. The molecule has 2 rings (SSSR count). The summed E-state index contributed by atoms with van der Waals surface area (Å²) >= 11 is 0. The molecule has 0 fully saturated rings. The van der Waals surface area contributed by atoms with E-state index in [0.29, 0.717) is 5.71 Å². The van der Waals surface area contributed by atoms with E-state index in [4.69, 9.17) is 5.11 Å². The lowest BCUT2D eigenvalue weighted by Gasteiger charge is -2.24. The number of carbonyl (C=O) groups is 2. The Balaban J connectivity index is 2.37. The predicted molar refractivity (Wildman–Crippen MR) is 69.8 cm³/mol. The molecule has 1 amide bonds. The number of likely N-dealkylation sites (N-methyl/N-ethyl adjacent to an activating group) is 1. The molecule has 1 heterocycles. The first-order valence-electron chi connectivity index (χ1n) is 5.84. The highest BCUT2D eigenvalue weighted by atomic mass is 16.4. The van der Waals surface area contributed by atoms with Crippen molar-refractivity contribution >= 4 is 17.6 Å². The molecule has 1 aliphatic heterocycles. The number of nitrogens with zero attached hydrogens (tertiary/aromatic N) is 2. The number of rotatable bonds is 4. The van der Waals surface area contributed by atoms with Gasteiger partial charge in [0.1, 0.15) is 5.54 Å². The second kappa shape index (κ2) is 4.81. The molecule has 1 aromatic rings. The van der Waals surface area contributed by atoms with Crippen LogP contribution in [0.2, 0.25) is 0 Å². The fourth-order valence-electron chi connectivity index (χ4n) is 2.07. The summed E-state index contributed by atoms with van der Waals surface area (Å²) in [5.74, 6) is -1.29. The Morgan fingerprint density at radius 1 is 1.42 bits per heavy atom. The summed E-state index contributed by atoms with van der Waals surface area (Å²) in [7, 11) is 1.55. The SMILES string of the molecule is CN1N=C(c2ccccc2)C(C)(NCC(=O)O)C1=O. The van der Waals surface area contributed by atoms with Gasteiger partial charge in [0.2, 0.25) is 0 Å². The Hall–Kier alpha value is -2.21. The minimum atomic E-state index is -1.12. The Bertz CT molecular complexity index is 541. The summed E-state index contributed by atoms with van der Waals surface area (Å²) in [6.07, 6.45) is 0. The number of hydrogen-bond donors (Lipinski definition) is 2. The number of hydrogen-bond acceptors (Lipinski definition) is 4. The molecule has 6 nitrogen and oxygen atoms in total. The van der Waals surface area contributed by atoms with Crippen molar-refractivity contribution in [1.82, 2.24) is 10.3 Å². The zero-order valence-corrected chi connectivity index (χ0v) is 10.8. The third kappa shape index (κ3) is 2.34. The van der Waals surface area contributed by atoms with E-state index < -0.39 is 11.5 Å². The van der Waals surface area contributed by atoms with E-state index >= 15 is 0 Å². The van der Waals surface area contributed by atoms with Gasteiger partial charge in [-0.1, -0.05) is 30.3 Å². The fraction of sp³-hybridized carbons (Fsp3) is 0.308. The Kier molecular flexibility index (Phi) is 3.35. The van der Waals surface area contributed by atoms with Crippen LogP contribution in [0.25, 0.3) is 0 Å². The number of nitrogens with one attached hydrogen (secondary N) is 1. The fourth-order valence-corrected chi connectivity index (χ4v) is 2.07. The zero-order chi connectivity index (χ0) is 14.0. The van der Waals surface area contributed by atoms with Crippen molar-refractivity contribution in [2.24, 2.45) is 5.10 Å². The standard InChI is InChI=1S/C13H15N3O3/c1-13(14-8-10(17)18)11(15-16(2)12(13)19)9-6-4-3-5-7-9/h3-7,14H,8H2,1-2H3,(H,17,18). The summed E-state index contributed by atoms with van der Waals surface area (Å²) in [6.45, 7) is 1.34. The topological polar surface area (TPSA) is 82.0 Å². The molecule has 0 spiro atoms. The summed E-state index contributed by atoms with van der Waals surface area (Å²) in [6, 6.07) is 9.24. The van der Waals surface area contributed by atoms with E-state index in [2.05, 4.69) is 10.4 Å². The van der Waals surface area contributed by atoms with Gasteiger partial charge in [0.25, 0.3) is 5.91 Å². The molecule has 2 N–H and O–H groups in total. The maximum absolute atomic E-state index is 12.2. The maximum atomic E-state index is 12.2. The second-order valence-electron chi connectivity index (χ2n) is 4.52. The molecule has 0 saturated carbocycles. The molecule has 0 aliphatic carbocycles. The molecule has 0 saturated heterocycles. The molecule has 1 aliphatic rings. The Morgan fingerprint density at radius 2 is 2.05 bits per heavy atom. The van der Waals surface area contributed by atoms with Crippen molar-refractivity contribution in [2.45, 2.75) is 12.5 Å². The third-order valence-electron chi connectivity index (χ3n) is 3.09. The first-order valence-corrected chi connectivity index (χ1v) is 5.84.